The van der Waals surface area contributed by atoms with E-state index in [4.69, 9.17) is 0 Å². The summed E-state index contributed by atoms with van der Waals surface area (Å²) in [6, 6.07) is 7.64. The van der Waals surface area contributed by atoms with Gasteiger partial charge in [0.2, 0.25) is 5.91 Å². The predicted octanol–water partition coefficient (Wildman–Crippen LogP) is 2.72. The first-order valence-electron chi connectivity index (χ1n) is 8.32. The molecule has 1 aromatic carbocycles. The number of aromatic nitrogens is 2. The molecule has 1 aliphatic carbocycles. The van der Waals surface area contributed by atoms with E-state index >= 15 is 0 Å². The Morgan fingerprint density at radius 1 is 1.20 bits per heavy atom. The standard InChI is InChI=1S/C19H21N3O3/c1-13(14-6-8-15(9-7-14)22-11-10-20-12-22)21-18(23)16-4-2-3-5-17(16)19(24)25/h2-3,6-13,16-17H,4-5H2,1H3,(H,21,23)(H,24,25)/t13-,16-,17+/m0/s1. The number of carbonyl (C=O) groups is 2. The highest BCUT2D eigenvalue weighted by molar-refractivity contribution is 5.85. The lowest BCUT2D eigenvalue weighted by atomic mass is 9.82. The number of nitrogens with zero attached hydrogens (tertiary/aromatic N) is 2. The van der Waals surface area contributed by atoms with E-state index in [-0.39, 0.29) is 11.9 Å². The van der Waals surface area contributed by atoms with Crippen LogP contribution in [0.2, 0.25) is 0 Å². The maximum absolute atomic E-state index is 12.5. The van der Waals surface area contributed by atoms with Gasteiger partial charge in [-0.2, -0.15) is 0 Å². The Morgan fingerprint density at radius 3 is 2.48 bits per heavy atom. The third-order valence-corrected chi connectivity index (χ3v) is 4.64. The van der Waals surface area contributed by atoms with Crippen LogP contribution in [0.25, 0.3) is 5.69 Å². The number of allylic oxidation sites excluding steroid dienone is 2. The minimum atomic E-state index is -0.915. The Bertz CT molecular complexity index is 766. The van der Waals surface area contributed by atoms with Gasteiger partial charge in [0.15, 0.2) is 0 Å². The third kappa shape index (κ3) is 3.79. The molecule has 130 valence electrons. The van der Waals surface area contributed by atoms with Crippen LogP contribution >= 0.6 is 0 Å². The van der Waals surface area contributed by atoms with E-state index in [2.05, 4.69) is 10.3 Å². The second-order valence-electron chi connectivity index (χ2n) is 6.29. The Kier molecular flexibility index (Phi) is 4.97. The molecule has 1 aliphatic rings. The van der Waals surface area contributed by atoms with Crippen molar-refractivity contribution in [3.05, 3.63) is 60.7 Å². The number of hydrogen-bond donors (Lipinski definition) is 2. The molecular weight excluding hydrogens is 318 g/mol. The lowest BCUT2D eigenvalue weighted by molar-refractivity contribution is -0.147. The summed E-state index contributed by atoms with van der Waals surface area (Å²) in [5, 5.41) is 12.3. The van der Waals surface area contributed by atoms with E-state index < -0.39 is 17.8 Å². The predicted molar refractivity (Wildman–Crippen MR) is 93.1 cm³/mol. The molecule has 0 saturated carbocycles. The third-order valence-electron chi connectivity index (χ3n) is 4.64. The molecule has 0 saturated heterocycles. The summed E-state index contributed by atoms with van der Waals surface area (Å²) in [5.41, 5.74) is 1.96. The Morgan fingerprint density at radius 2 is 1.88 bits per heavy atom. The maximum Gasteiger partial charge on any atom is 0.307 e. The number of carbonyl (C=O) groups excluding carboxylic acids is 1. The number of aliphatic carboxylic acids is 1. The molecule has 1 aromatic heterocycles. The van der Waals surface area contributed by atoms with Gasteiger partial charge in [0.05, 0.1) is 24.2 Å². The highest BCUT2D eigenvalue weighted by Crippen LogP contribution is 2.27. The molecule has 0 bridgehead atoms. The molecule has 6 heteroatoms. The highest BCUT2D eigenvalue weighted by atomic mass is 16.4. The maximum atomic E-state index is 12.5. The van der Waals surface area contributed by atoms with E-state index in [0.717, 1.165) is 11.3 Å². The fraction of sp³-hybridized carbons (Fsp3) is 0.316. The summed E-state index contributed by atoms with van der Waals surface area (Å²) in [5.74, 6) is -2.29. The van der Waals surface area contributed by atoms with Crippen LogP contribution in [0.4, 0.5) is 0 Å². The molecule has 0 fully saturated rings. The smallest absolute Gasteiger partial charge is 0.307 e. The summed E-state index contributed by atoms with van der Waals surface area (Å²) in [6.07, 6.45) is 9.89. The summed E-state index contributed by atoms with van der Waals surface area (Å²) in [6.45, 7) is 1.90. The first-order valence-corrected chi connectivity index (χ1v) is 8.32. The fourth-order valence-corrected chi connectivity index (χ4v) is 3.13. The molecule has 6 nitrogen and oxygen atoms in total. The largest absolute Gasteiger partial charge is 0.481 e. The second kappa shape index (κ2) is 7.34. The Balaban J connectivity index is 1.67. The van der Waals surface area contributed by atoms with Gasteiger partial charge < -0.3 is 15.0 Å². The van der Waals surface area contributed by atoms with Crippen molar-refractivity contribution < 1.29 is 14.7 Å². The number of carboxylic acid groups (broad SMARTS) is 1. The topological polar surface area (TPSA) is 84.2 Å². The van der Waals surface area contributed by atoms with Crippen LogP contribution in [-0.4, -0.2) is 26.5 Å². The van der Waals surface area contributed by atoms with Crippen molar-refractivity contribution in [2.24, 2.45) is 11.8 Å². The number of benzene rings is 1. The monoisotopic (exact) mass is 339 g/mol. The average Bonchev–Trinajstić information content (AvgIpc) is 3.16. The van der Waals surface area contributed by atoms with E-state index in [0.29, 0.717) is 12.8 Å². The van der Waals surface area contributed by atoms with Crippen molar-refractivity contribution in [3.8, 4) is 5.69 Å². The van der Waals surface area contributed by atoms with E-state index in [1.54, 1.807) is 12.5 Å². The van der Waals surface area contributed by atoms with E-state index in [9.17, 15) is 14.7 Å². The molecule has 0 unspecified atom stereocenters. The normalized spacial score (nSPS) is 20.8. The molecule has 0 radical (unpaired) electrons. The molecule has 2 aromatic rings. The fourth-order valence-electron chi connectivity index (χ4n) is 3.13. The number of hydrogen-bond acceptors (Lipinski definition) is 3. The first-order chi connectivity index (χ1) is 12.1. The number of carboxylic acids is 1. The number of nitrogens with one attached hydrogen (secondary N) is 1. The van der Waals surface area contributed by atoms with Crippen molar-refractivity contribution in [1.82, 2.24) is 14.9 Å². The quantitative estimate of drug-likeness (QED) is 0.820. The summed E-state index contributed by atoms with van der Waals surface area (Å²) < 4.78 is 1.90. The zero-order chi connectivity index (χ0) is 17.8. The lowest BCUT2D eigenvalue weighted by Gasteiger charge is -2.26. The van der Waals surface area contributed by atoms with Crippen molar-refractivity contribution in [1.29, 1.82) is 0 Å². The van der Waals surface area contributed by atoms with Crippen LogP contribution in [0.3, 0.4) is 0 Å². The van der Waals surface area contributed by atoms with Crippen LogP contribution < -0.4 is 5.32 Å². The molecular formula is C19H21N3O3. The van der Waals surface area contributed by atoms with Gasteiger partial charge in [0.25, 0.3) is 0 Å². The number of rotatable bonds is 5. The van der Waals surface area contributed by atoms with Crippen molar-refractivity contribution >= 4 is 11.9 Å². The first kappa shape index (κ1) is 17.0. The number of amides is 1. The molecule has 0 spiro atoms. The van der Waals surface area contributed by atoms with Gasteiger partial charge in [-0.3, -0.25) is 9.59 Å². The molecule has 3 atom stereocenters. The van der Waals surface area contributed by atoms with Gasteiger partial charge in [-0.25, -0.2) is 4.98 Å². The minimum Gasteiger partial charge on any atom is -0.481 e. The van der Waals surface area contributed by atoms with Gasteiger partial charge in [0, 0.05) is 18.1 Å². The van der Waals surface area contributed by atoms with Crippen molar-refractivity contribution in [2.45, 2.75) is 25.8 Å². The highest BCUT2D eigenvalue weighted by Gasteiger charge is 2.34. The van der Waals surface area contributed by atoms with Gasteiger partial charge in [-0.1, -0.05) is 24.3 Å². The zero-order valence-corrected chi connectivity index (χ0v) is 14.0. The molecule has 1 heterocycles. The number of imidazole rings is 1. The van der Waals surface area contributed by atoms with Gasteiger partial charge >= 0.3 is 5.97 Å². The SMILES string of the molecule is C[C@H](NC(=O)[C@H]1CC=CC[C@H]1C(=O)O)c1ccc(-n2ccnc2)cc1. The van der Waals surface area contributed by atoms with Gasteiger partial charge in [-0.15, -0.1) is 0 Å². The molecule has 0 aliphatic heterocycles. The molecule has 25 heavy (non-hydrogen) atoms. The van der Waals surface area contributed by atoms with Crippen LogP contribution in [0.5, 0.6) is 0 Å². The molecule has 1 amide bonds. The Hall–Kier alpha value is -2.89. The van der Waals surface area contributed by atoms with E-state index in [1.165, 1.54) is 0 Å². The van der Waals surface area contributed by atoms with Crippen LogP contribution in [-0.2, 0) is 9.59 Å². The Labute approximate surface area is 146 Å². The summed E-state index contributed by atoms with van der Waals surface area (Å²) >= 11 is 0. The van der Waals surface area contributed by atoms with Crippen LogP contribution in [0, 0.1) is 11.8 Å². The van der Waals surface area contributed by atoms with Gasteiger partial charge in [-0.05, 0) is 37.5 Å². The van der Waals surface area contributed by atoms with Crippen LogP contribution in [0.15, 0.2) is 55.1 Å². The van der Waals surface area contributed by atoms with E-state index in [1.807, 2.05) is 54.1 Å². The second-order valence-corrected chi connectivity index (χ2v) is 6.29. The molecule has 3 rings (SSSR count). The van der Waals surface area contributed by atoms with Gasteiger partial charge in [0.1, 0.15) is 0 Å². The van der Waals surface area contributed by atoms with Crippen LogP contribution in [0.1, 0.15) is 31.4 Å². The van der Waals surface area contributed by atoms with Crippen molar-refractivity contribution in [2.75, 3.05) is 0 Å². The average molecular weight is 339 g/mol. The summed E-state index contributed by atoms with van der Waals surface area (Å²) in [4.78, 5) is 27.9. The minimum absolute atomic E-state index is 0.190. The summed E-state index contributed by atoms with van der Waals surface area (Å²) in [7, 11) is 0. The lowest BCUT2D eigenvalue weighted by Crippen LogP contribution is -2.39. The zero-order valence-electron chi connectivity index (χ0n) is 14.0. The molecule has 2 N–H and O–H groups in total. The van der Waals surface area contributed by atoms with Crippen molar-refractivity contribution in [3.63, 3.8) is 0 Å².